The molecule has 0 radical (unpaired) electrons. The standard InChI is InChI=1S/C27H38O3/c1-9-11-19-13-15-23(21(17-19)26(3,4)5)29-25(28)30-24-16-14-20(12-10-2)18-22(24)27(6,7)8/h13-18H,9-12H2,1-8H3. The van der Waals surface area contributed by atoms with E-state index >= 15 is 0 Å². The maximum Gasteiger partial charge on any atom is 0.519 e. The third-order valence-electron chi connectivity index (χ3n) is 5.17. The van der Waals surface area contributed by atoms with E-state index in [1.807, 2.05) is 24.3 Å². The first-order valence-corrected chi connectivity index (χ1v) is 11.1. The van der Waals surface area contributed by atoms with Crippen molar-refractivity contribution >= 4 is 6.16 Å². The molecule has 0 atom stereocenters. The van der Waals surface area contributed by atoms with Gasteiger partial charge in [-0.1, -0.05) is 92.5 Å². The second kappa shape index (κ2) is 9.68. The highest BCUT2D eigenvalue weighted by Crippen LogP contribution is 2.35. The molecule has 0 unspecified atom stereocenters. The Labute approximate surface area is 182 Å². The molecule has 0 bridgehead atoms. The van der Waals surface area contributed by atoms with Gasteiger partial charge in [-0.25, -0.2) is 4.79 Å². The van der Waals surface area contributed by atoms with E-state index in [-0.39, 0.29) is 10.8 Å². The molecule has 0 aliphatic rings. The number of carbonyl (C=O) groups excluding carboxylic acids is 1. The van der Waals surface area contributed by atoms with Crippen molar-refractivity contribution in [2.24, 2.45) is 0 Å². The normalized spacial score (nSPS) is 12.0. The molecule has 0 fully saturated rings. The molecular weight excluding hydrogens is 372 g/mol. The van der Waals surface area contributed by atoms with E-state index in [2.05, 4.69) is 67.5 Å². The van der Waals surface area contributed by atoms with Crippen LogP contribution in [0.25, 0.3) is 0 Å². The number of benzene rings is 2. The lowest BCUT2D eigenvalue weighted by Crippen LogP contribution is -2.21. The van der Waals surface area contributed by atoms with Crippen LogP contribution in [0.3, 0.4) is 0 Å². The lowest BCUT2D eigenvalue weighted by atomic mass is 9.85. The summed E-state index contributed by atoms with van der Waals surface area (Å²) in [4.78, 5) is 12.7. The first-order chi connectivity index (χ1) is 14.0. The average Bonchev–Trinajstić information content (AvgIpc) is 2.63. The zero-order valence-corrected chi connectivity index (χ0v) is 20.0. The highest BCUT2D eigenvalue weighted by Gasteiger charge is 2.24. The molecule has 3 nitrogen and oxygen atoms in total. The van der Waals surface area contributed by atoms with Crippen LogP contribution in [0.2, 0.25) is 0 Å². The van der Waals surface area contributed by atoms with E-state index in [0.717, 1.165) is 36.8 Å². The van der Waals surface area contributed by atoms with Gasteiger partial charge in [-0.15, -0.1) is 0 Å². The Morgan fingerprint density at radius 1 is 0.700 bits per heavy atom. The van der Waals surface area contributed by atoms with Crippen LogP contribution in [0.15, 0.2) is 36.4 Å². The average molecular weight is 411 g/mol. The van der Waals surface area contributed by atoms with Crippen LogP contribution in [-0.4, -0.2) is 6.16 Å². The lowest BCUT2D eigenvalue weighted by molar-refractivity contribution is 0.150. The summed E-state index contributed by atoms with van der Waals surface area (Å²) >= 11 is 0. The van der Waals surface area contributed by atoms with Crippen molar-refractivity contribution in [1.29, 1.82) is 0 Å². The Kier molecular flexibility index (Phi) is 7.74. The molecule has 0 aliphatic heterocycles. The minimum absolute atomic E-state index is 0.141. The van der Waals surface area contributed by atoms with Crippen molar-refractivity contribution in [3.63, 3.8) is 0 Å². The molecule has 164 valence electrons. The Morgan fingerprint density at radius 2 is 1.07 bits per heavy atom. The second-order valence-corrected chi connectivity index (χ2v) is 10.1. The molecule has 2 aromatic rings. The molecule has 30 heavy (non-hydrogen) atoms. The van der Waals surface area contributed by atoms with Gasteiger partial charge in [0.2, 0.25) is 0 Å². The van der Waals surface area contributed by atoms with Gasteiger partial charge >= 0.3 is 6.16 Å². The van der Waals surface area contributed by atoms with E-state index in [1.54, 1.807) is 0 Å². The van der Waals surface area contributed by atoms with E-state index in [9.17, 15) is 4.79 Å². The van der Waals surface area contributed by atoms with E-state index in [0.29, 0.717) is 11.5 Å². The van der Waals surface area contributed by atoms with Gasteiger partial charge in [0.15, 0.2) is 0 Å². The lowest BCUT2D eigenvalue weighted by Gasteiger charge is -2.24. The summed E-state index contributed by atoms with van der Waals surface area (Å²) in [6.07, 6.45) is 3.47. The molecule has 2 aromatic carbocycles. The summed E-state index contributed by atoms with van der Waals surface area (Å²) in [7, 11) is 0. The van der Waals surface area contributed by atoms with Crippen molar-refractivity contribution < 1.29 is 14.3 Å². The Bertz CT molecular complexity index is 795. The van der Waals surface area contributed by atoms with Gasteiger partial charge in [-0.05, 0) is 46.9 Å². The number of hydrogen-bond donors (Lipinski definition) is 0. The molecule has 0 saturated carbocycles. The van der Waals surface area contributed by atoms with Gasteiger partial charge in [0.25, 0.3) is 0 Å². The summed E-state index contributed by atoms with van der Waals surface area (Å²) in [5, 5.41) is 0. The highest BCUT2D eigenvalue weighted by molar-refractivity contribution is 5.69. The Balaban J connectivity index is 2.30. The minimum atomic E-state index is -0.697. The minimum Gasteiger partial charge on any atom is -0.394 e. The van der Waals surface area contributed by atoms with Crippen LogP contribution in [0, 0.1) is 0 Å². The Hall–Kier alpha value is -2.29. The number of hydrogen-bond acceptors (Lipinski definition) is 3. The first-order valence-electron chi connectivity index (χ1n) is 11.1. The molecule has 0 spiro atoms. The quantitative estimate of drug-likeness (QED) is 0.360. The number of aryl methyl sites for hydroxylation is 2. The largest absolute Gasteiger partial charge is 0.519 e. The molecule has 0 aromatic heterocycles. The summed E-state index contributed by atoms with van der Waals surface area (Å²) in [6, 6.07) is 12.1. The highest BCUT2D eigenvalue weighted by atomic mass is 16.7. The fraction of sp³-hybridized carbons (Fsp3) is 0.519. The van der Waals surface area contributed by atoms with Crippen LogP contribution in [0.4, 0.5) is 4.79 Å². The van der Waals surface area contributed by atoms with E-state index in [4.69, 9.17) is 9.47 Å². The van der Waals surface area contributed by atoms with Crippen LogP contribution in [0.1, 0.15) is 90.5 Å². The molecule has 0 saturated heterocycles. The zero-order chi connectivity index (χ0) is 22.5. The van der Waals surface area contributed by atoms with Crippen LogP contribution in [0.5, 0.6) is 11.5 Å². The van der Waals surface area contributed by atoms with Crippen molar-refractivity contribution in [1.82, 2.24) is 0 Å². The third-order valence-corrected chi connectivity index (χ3v) is 5.17. The molecule has 3 heteroatoms. The first kappa shape index (κ1) is 24.0. The van der Waals surface area contributed by atoms with Crippen molar-refractivity contribution in [3.05, 3.63) is 58.7 Å². The summed E-state index contributed by atoms with van der Waals surface area (Å²) in [5.74, 6) is 1.12. The van der Waals surface area contributed by atoms with Gasteiger partial charge in [0.1, 0.15) is 11.5 Å². The van der Waals surface area contributed by atoms with Gasteiger partial charge in [-0.2, -0.15) is 0 Å². The topological polar surface area (TPSA) is 35.5 Å². The van der Waals surface area contributed by atoms with Crippen LogP contribution >= 0.6 is 0 Å². The van der Waals surface area contributed by atoms with Gasteiger partial charge < -0.3 is 9.47 Å². The number of rotatable bonds is 6. The van der Waals surface area contributed by atoms with Gasteiger partial charge in [0, 0.05) is 11.1 Å². The fourth-order valence-corrected chi connectivity index (χ4v) is 3.59. The van der Waals surface area contributed by atoms with Crippen LogP contribution < -0.4 is 9.47 Å². The molecule has 0 N–H and O–H groups in total. The molecular formula is C27H38O3. The monoisotopic (exact) mass is 410 g/mol. The second-order valence-electron chi connectivity index (χ2n) is 10.1. The number of carbonyl (C=O) groups is 1. The maximum atomic E-state index is 12.7. The molecule has 0 heterocycles. The van der Waals surface area contributed by atoms with Crippen molar-refractivity contribution in [3.8, 4) is 11.5 Å². The van der Waals surface area contributed by atoms with E-state index < -0.39 is 6.16 Å². The molecule has 0 aliphatic carbocycles. The summed E-state index contributed by atoms with van der Waals surface area (Å²) < 4.78 is 11.4. The van der Waals surface area contributed by atoms with Crippen LogP contribution in [-0.2, 0) is 23.7 Å². The Morgan fingerprint density at radius 3 is 1.37 bits per heavy atom. The fourth-order valence-electron chi connectivity index (χ4n) is 3.59. The predicted octanol–water partition coefficient (Wildman–Crippen LogP) is 7.76. The zero-order valence-electron chi connectivity index (χ0n) is 20.0. The third kappa shape index (κ3) is 6.35. The number of ether oxygens (including phenoxy) is 2. The summed E-state index contributed by atoms with van der Waals surface area (Å²) in [5.41, 5.74) is 4.25. The SMILES string of the molecule is CCCc1ccc(OC(=O)Oc2ccc(CCC)cc2C(C)(C)C)c(C(C)(C)C)c1. The smallest absolute Gasteiger partial charge is 0.394 e. The van der Waals surface area contributed by atoms with Gasteiger partial charge in [0.05, 0.1) is 0 Å². The van der Waals surface area contributed by atoms with Crippen molar-refractivity contribution in [2.45, 2.75) is 91.9 Å². The van der Waals surface area contributed by atoms with Crippen molar-refractivity contribution in [2.75, 3.05) is 0 Å². The van der Waals surface area contributed by atoms with Gasteiger partial charge in [-0.3, -0.25) is 0 Å². The maximum absolute atomic E-state index is 12.7. The molecule has 2 rings (SSSR count). The van der Waals surface area contributed by atoms with E-state index in [1.165, 1.54) is 11.1 Å². The molecule has 0 amide bonds. The predicted molar refractivity (Wildman–Crippen MR) is 125 cm³/mol. The summed E-state index contributed by atoms with van der Waals surface area (Å²) in [6.45, 7) is 17.1.